The summed E-state index contributed by atoms with van der Waals surface area (Å²) in [7, 11) is -1.36. The van der Waals surface area contributed by atoms with Gasteiger partial charge in [0.05, 0.1) is 27.9 Å². The van der Waals surface area contributed by atoms with Crippen molar-refractivity contribution in [1.82, 2.24) is 0 Å². The number of carbonyl (C=O) groups excluding carboxylic acids is 2. The minimum Gasteiger partial charge on any atom is -0.494 e. The van der Waals surface area contributed by atoms with Crippen LogP contribution in [0, 0.1) is 5.92 Å². The first kappa shape index (κ1) is 25.1. The predicted octanol–water partition coefficient (Wildman–Crippen LogP) is 4.81. The molecule has 1 aromatic heterocycles. The molecule has 0 saturated heterocycles. The van der Waals surface area contributed by atoms with Crippen molar-refractivity contribution in [2.75, 3.05) is 19.8 Å². The van der Waals surface area contributed by atoms with E-state index in [1.165, 1.54) is 6.04 Å². The SMILES string of the molecule is CCOC(=O)C(CCc1ccc(OCCC[Si](C)(C)c2cccs2)cc1)C(=O)OCC. The van der Waals surface area contributed by atoms with E-state index in [4.69, 9.17) is 14.2 Å². The largest absolute Gasteiger partial charge is 0.494 e. The quantitative estimate of drug-likeness (QED) is 0.185. The summed E-state index contributed by atoms with van der Waals surface area (Å²) in [5.74, 6) is -1.08. The second-order valence-electron chi connectivity index (χ2n) is 8.05. The van der Waals surface area contributed by atoms with Crippen LogP contribution in [0.15, 0.2) is 41.8 Å². The zero-order valence-electron chi connectivity index (χ0n) is 19.0. The summed E-state index contributed by atoms with van der Waals surface area (Å²) in [6, 6.07) is 13.4. The summed E-state index contributed by atoms with van der Waals surface area (Å²) >= 11 is 1.86. The summed E-state index contributed by atoms with van der Waals surface area (Å²) < 4.78 is 17.5. The van der Waals surface area contributed by atoms with E-state index in [2.05, 4.69) is 30.6 Å². The van der Waals surface area contributed by atoms with Crippen molar-refractivity contribution >= 4 is 35.8 Å². The van der Waals surface area contributed by atoms with Crippen molar-refractivity contribution in [2.45, 2.75) is 52.2 Å². The molecule has 5 nitrogen and oxygen atoms in total. The monoisotopic (exact) mass is 462 g/mol. The maximum Gasteiger partial charge on any atom is 0.320 e. The minimum atomic E-state index is -1.36. The van der Waals surface area contributed by atoms with E-state index in [1.54, 1.807) is 18.3 Å². The van der Waals surface area contributed by atoms with Gasteiger partial charge in [0.2, 0.25) is 0 Å². The smallest absolute Gasteiger partial charge is 0.320 e. The van der Waals surface area contributed by atoms with Gasteiger partial charge < -0.3 is 14.2 Å². The van der Waals surface area contributed by atoms with Crippen molar-refractivity contribution in [3.63, 3.8) is 0 Å². The zero-order valence-corrected chi connectivity index (χ0v) is 20.8. The first-order valence-corrected chi connectivity index (χ1v) is 15.0. The predicted molar refractivity (Wildman–Crippen MR) is 128 cm³/mol. The van der Waals surface area contributed by atoms with Gasteiger partial charge in [-0.1, -0.05) is 37.4 Å². The number of thiophene rings is 1. The van der Waals surface area contributed by atoms with Crippen LogP contribution in [0.25, 0.3) is 0 Å². The van der Waals surface area contributed by atoms with Crippen LogP contribution < -0.4 is 9.24 Å². The van der Waals surface area contributed by atoms with Crippen LogP contribution in [0.4, 0.5) is 0 Å². The van der Waals surface area contributed by atoms with Gasteiger partial charge in [0, 0.05) is 0 Å². The average Bonchev–Trinajstić information content (AvgIpc) is 3.29. The lowest BCUT2D eigenvalue weighted by atomic mass is 9.99. The highest BCUT2D eigenvalue weighted by atomic mass is 32.1. The Morgan fingerprint density at radius 3 is 2.19 bits per heavy atom. The molecule has 0 atom stereocenters. The first-order valence-electron chi connectivity index (χ1n) is 11.0. The Labute approximate surface area is 190 Å². The van der Waals surface area contributed by atoms with Gasteiger partial charge in [0.15, 0.2) is 5.92 Å². The number of ether oxygens (including phenoxy) is 3. The minimum absolute atomic E-state index is 0.244. The molecule has 0 radical (unpaired) electrons. The molecular weight excluding hydrogens is 428 g/mol. The lowest BCUT2D eigenvalue weighted by molar-refractivity contribution is -0.161. The molecule has 0 unspecified atom stereocenters. The molecule has 7 heteroatoms. The molecule has 2 aromatic rings. The van der Waals surface area contributed by atoms with Crippen LogP contribution in [0.3, 0.4) is 0 Å². The summed E-state index contributed by atoms with van der Waals surface area (Å²) in [6.07, 6.45) is 1.99. The van der Waals surface area contributed by atoms with Crippen molar-refractivity contribution in [2.24, 2.45) is 5.92 Å². The molecule has 0 bridgehead atoms. The number of esters is 2. The third-order valence-corrected chi connectivity index (χ3v) is 11.0. The molecule has 0 fully saturated rings. The third-order valence-electron chi connectivity index (χ3n) is 5.19. The van der Waals surface area contributed by atoms with E-state index in [9.17, 15) is 9.59 Å². The van der Waals surface area contributed by atoms with Gasteiger partial charge in [0.25, 0.3) is 0 Å². The Morgan fingerprint density at radius 2 is 1.65 bits per heavy atom. The van der Waals surface area contributed by atoms with E-state index in [1.807, 2.05) is 35.6 Å². The Morgan fingerprint density at radius 1 is 1.00 bits per heavy atom. The molecule has 170 valence electrons. The van der Waals surface area contributed by atoms with E-state index < -0.39 is 25.9 Å². The maximum atomic E-state index is 12.1. The molecule has 0 saturated carbocycles. The van der Waals surface area contributed by atoms with E-state index in [0.717, 1.165) is 17.7 Å². The number of carbonyl (C=O) groups is 2. The van der Waals surface area contributed by atoms with E-state index in [0.29, 0.717) is 19.4 Å². The fraction of sp³-hybridized carbons (Fsp3) is 0.500. The van der Waals surface area contributed by atoms with Crippen molar-refractivity contribution in [3.8, 4) is 5.75 Å². The molecule has 0 amide bonds. The molecule has 1 heterocycles. The molecule has 0 aliphatic carbocycles. The highest BCUT2D eigenvalue weighted by molar-refractivity contribution is 7.25. The number of benzene rings is 1. The number of hydrogen-bond acceptors (Lipinski definition) is 6. The van der Waals surface area contributed by atoms with Crippen molar-refractivity contribution in [1.29, 1.82) is 0 Å². The van der Waals surface area contributed by atoms with E-state index in [-0.39, 0.29) is 13.2 Å². The average molecular weight is 463 g/mol. The Hall–Kier alpha value is -2.12. The van der Waals surface area contributed by atoms with Gasteiger partial charge in [-0.2, -0.15) is 11.3 Å². The lowest BCUT2D eigenvalue weighted by Gasteiger charge is -2.20. The number of hydrogen-bond donors (Lipinski definition) is 0. The van der Waals surface area contributed by atoms with Crippen LogP contribution in [0.5, 0.6) is 5.75 Å². The molecule has 2 rings (SSSR count). The zero-order chi connectivity index (χ0) is 22.7. The fourth-order valence-corrected chi connectivity index (χ4v) is 7.44. The Bertz CT molecular complexity index is 784. The third kappa shape index (κ3) is 8.14. The van der Waals surface area contributed by atoms with Crippen molar-refractivity contribution in [3.05, 3.63) is 47.3 Å². The molecule has 0 aliphatic rings. The molecule has 31 heavy (non-hydrogen) atoms. The molecular formula is C24H34O5SSi. The molecule has 0 aliphatic heterocycles. The summed E-state index contributed by atoms with van der Waals surface area (Å²) in [5.41, 5.74) is 1.04. The topological polar surface area (TPSA) is 61.8 Å². The summed E-state index contributed by atoms with van der Waals surface area (Å²) in [5, 5.41) is 2.16. The maximum absolute atomic E-state index is 12.1. The standard InChI is InChI=1S/C24H34O5SSi/c1-5-27-23(25)21(24(26)28-6-2)15-12-19-10-13-20(14-11-19)29-16-8-18-31(3,4)22-9-7-17-30-22/h7,9-11,13-14,17,21H,5-6,8,12,15-16,18H2,1-4H3. The number of rotatable bonds is 13. The fourth-order valence-electron chi connectivity index (χ4n) is 3.37. The van der Waals surface area contributed by atoms with Crippen LogP contribution in [0.2, 0.25) is 19.1 Å². The molecule has 0 N–H and O–H groups in total. The van der Waals surface area contributed by atoms with Gasteiger partial charge in [-0.15, -0.1) is 0 Å². The van der Waals surface area contributed by atoms with Gasteiger partial charge in [-0.25, -0.2) is 0 Å². The van der Waals surface area contributed by atoms with Gasteiger partial charge >= 0.3 is 11.9 Å². The molecule has 1 aromatic carbocycles. The Balaban J connectivity index is 1.80. The highest BCUT2D eigenvalue weighted by Gasteiger charge is 2.29. The second-order valence-corrected chi connectivity index (χ2v) is 14.2. The molecule has 0 spiro atoms. The van der Waals surface area contributed by atoms with Gasteiger partial charge in [-0.3, -0.25) is 9.59 Å². The second kappa shape index (κ2) is 12.7. The normalized spacial score (nSPS) is 11.4. The van der Waals surface area contributed by atoms with Gasteiger partial charge in [0.1, 0.15) is 5.75 Å². The Kier molecular flexibility index (Phi) is 10.3. The highest BCUT2D eigenvalue weighted by Crippen LogP contribution is 2.19. The summed E-state index contributed by atoms with van der Waals surface area (Å²) in [4.78, 5) is 24.2. The van der Waals surface area contributed by atoms with Crippen LogP contribution >= 0.6 is 11.3 Å². The summed E-state index contributed by atoms with van der Waals surface area (Å²) in [6.45, 7) is 9.46. The van der Waals surface area contributed by atoms with Gasteiger partial charge in [-0.05, 0) is 66.7 Å². The van der Waals surface area contributed by atoms with Crippen LogP contribution in [0.1, 0.15) is 32.3 Å². The van der Waals surface area contributed by atoms with Crippen LogP contribution in [-0.4, -0.2) is 39.8 Å². The van der Waals surface area contributed by atoms with E-state index >= 15 is 0 Å². The first-order chi connectivity index (χ1) is 14.9. The lowest BCUT2D eigenvalue weighted by Crippen LogP contribution is -2.39. The number of aryl methyl sites for hydroxylation is 1. The van der Waals surface area contributed by atoms with Crippen LogP contribution in [-0.2, 0) is 25.5 Å². The van der Waals surface area contributed by atoms with Crippen molar-refractivity contribution < 1.29 is 23.8 Å².